The number of rotatable bonds is 6. The van der Waals surface area contributed by atoms with E-state index in [0.29, 0.717) is 16.3 Å². The van der Waals surface area contributed by atoms with Crippen LogP contribution in [0.25, 0.3) is 6.08 Å². The van der Waals surface area contributed by atoms with Gasteiger partial charge >= 0.3 is 0 Å². The average Bonchev–Trinajstić information content (AvgIpc) is 2.84. The van der Waals surface area contributed by atoms with E-state index in [1.807, 2.05) is 0 Å². The third-order valence-electron chi connectivity index (χ3n) is 3.74. The number of aryl methyl sites for hydroxylation is 3. The Kier molecular flexibility index (Phi) is 6.52. The summed E-state index contributed by atoms with van der Waals surface area (Å²) < 4.78 is 15.0. The molecule has 26 heavy (non-hydrogen) atoms. The minimum absolute atomic E-state index is 0.223. The van der Waals surface area contributed by atoms with Crippen molar-refractivity contribution in [3.63, 3.8) is 0 Å². The molecule has 0 aliphatic heterocycles. The highest BCUT2D eigenvalue weighted by atomic mass is 35.5. The summed E-state index contributed by atoms with van der Waals surface area (Å²) in [5.74, 6) is -1.15. The summed E-state index contributed by atoms with van der Waals surface area (Å²) >= 11 is 6.08. The minimum Gasteiger partial charge on any atom is -0.351 e. The Morgan fingerprint density at radius 1 is 1.27 bits per heavy atom. The van der Waals surface area contributed by atoms with Crippen molar-refractivity contribution in [2.75, 3.05) is 13.1 Å². The maximum atomic E-state index is 13.5. The van der Waals surface area contributed by atoms with Gasteiger partial charge in [0.15, 0.2) is 0 Å². The minimum atomic E-state index is -0.430. The van der Waals surface area contributed by atoms with Crippen molar-refractivity contribution in [3.05, 3.63) is 57.6 Å². The molecule has 0 saturated heterocycles. The molecule has 1 aromatic carbocycles. The Balaban J connectivity index is 1.78. The Bertz CT molecular complexity index is 861. The SMILES string of the molecule is Cc1ccc(C(=O)NCCNC(=O)/C=C/c2c(C)nn(C)c2Cl)cc1F. The highest BCUT2D eigenvalue weighted by molar-refractivity contribution is 6.31. The van der Waals surface area contributed by atoms with Gasteiger partial charge < -0.3 is 10.6 Å². The molecule has 0 bridgehead atoms. The van der Waals surface area contributed by atoms with Gasteiger partial charge in [-0.05, 0) is 37.6 Å². The molecule has 6 nitrogen and oxygen atoms in total. The molecule has 2 rings (SSSR count). The van der Waals surface area contributed by atoms with Gasteiger partial charge in [-0.2, -0.15) is 5.10 Å². The van der Waals surface area contributed by atoms with Crippen LogP contribution in [0.2, 0.25) is 5.15 Å². The van der Waals surface area contributed by atoms with Crippen LogP contribution in [0.15, 0.2) is 24.3 Å². The monoisotopic (exact) mass is 378 g/mol. The second-order valence-electron chi connectivity index (χ2n) is 5.76. The van der Waals surface area contributed by atoms with Crippen molar-refractivity contribution in [1.82, 2.24) is 20.4 Å². The predicted octanol–water partition coefficient (Wildman–Crippen LogP) is 2.39. The Morgan fingerprint density at radius 3 is 2.58 bits per heavy atom. The maximum Gasteiger partial charge on any atom is 0.251 e. The molecule has 0 radical (unpaired) electrons. The molecule has 0 aliphatic carbocycles. The van der Waals surface area contributed by atoms with E-state index >= 15 is 0 Å². The van der Waals surface area contributed by atoms with Gasteiger partial charge in [0.1, 0.15) is 11.0 Å². The molecule has 0 aliphatic rings. The molecule has 8 heteroatoms. The summed E-state index contributed by atoms with van der Waals surface area (Å²) in [5, 5.41) is 9.86. The number of nitrogens with zero attached hydrogens (tertiary/aromatic N) is 2. The van der Waals surface area contributed by atoms with Crippen molar-refractivity contribution in [3.8, 4) is 0 Å². The predicted molar refractivity (Wildman–Crippen MR) is 98.5 cm³/mol. The fourth-order valence-corrected chi connectivity index (χ4v) is 2.49. The van der Waals surface area contributed by atoms with Crippen molar-refractivity contribution >= 4 is 29.5 Å². The zero-order valence-electron chi connectivity index (χ0n) is 14.8. The maximum absolute atomic E-state index is 13.5. The topological polar surface area (TPSA) is 76.0 Å². The second-order valence-corrected chi connectivity index (χ2v) is 6.12. The van der Waals surface area contributed by atoms with Gasteiger partial charge in [-0.15, -0.1) is 0 Å². The molecule has 0 saturated carbocycles. The molecule has 1 aromatic heterocycles. The number of amides is 2. The zero-order valence-corrected chi connectivity index (χ0v) is 15.5. The number of carbonyl (C=O) groups excluding carboxylic acids is 2. The van der Waals surface area contributed by atoms with E-state index in [1.165, 1.54) is 16.8 Å². The van der Waals surface area contributed by atoms with Crippen molar-refractivity contribution in [2.24, 2.45) is 7.05 Å². The van der Waals surface area contributed by atoms with E-state index in [4.69, 9.17) is 11.6 Å². The first-order chi connectivity index (χ1) is 12.3. The first-order valence-corrected chi connectivity index (χ1v) is 8.36. The van der Waals surface area contributed by atoms with Crippen LogP contribution >= 0.6 is 11.6 Å². The van der Waals surface area contributed by atoms with E-state index in [0.717, 1.165) is 5.69 Å². The summed E-state index contributed by atoms with van der Waals surface area (Å²) in [6, 6.07) is 4.28. The lowest BCUT2D eigenvalue weighted by atomic mass is 10.1. The number of carbonyl (C=O) groups is 2. The second kappa shape index (κ2) is 8.62. The summed E-state index contributed by atoms with van der Waals surface area (Å²) in [6.45, 7) is 3.89. The van der Waals surface area contributed by atoms with Crippen molar-refractivity contribution in [1.29, 1.82) is 0 Å². The van der Waals surface area contributed by atoms with E-state index in [1.54, 1.807) is 39.1 Å². The third kappa shape index (κ3) is 4.92. The molecule has 2 amide bonds. The van der Waals surface area contributed by atoms with E-state index in [9.17, 15) is 14.0 Å². The molecule has 2 N–H and O–H groups in total. The number of hydrogen-bond acceptors (Lipinski definition) is 3. The molecular formula is C18H20ClFN4O2. The number of aromatic nitrogens is 2. The molecule has 0 atom stereocenters. The molecular weight excluding hydrogens is 359 g/mol. The van der Waals surface area contributed by atoms with Crippen LogP contribution in [0.1, 0.15) is 27.2 Å². The quantitative estimate of drug-likeness (QED) is 0.598. The van der Waals surface area contributed by atoms with Crippen LogP contribution in [0.4, 0.5) is 4.39 Å². The smallest absolute Gasteiger partial charge is 0.251 e. The van der Waals surface area contributed by atoms with Crippen LogP contribution in [0.3, 0.4) is 0 Å². The fourth-order valence-electron chi connectivity index (χ4n) is 2.25. The van der Waals surface area contributed by atoms with Crippen LogP contribution in [-0.2, 0) is 11.8 Å². The third-order valence-corrected chi connectivity index (χ3v) is 4.19. The normalized spacial score (nSPS) is 11.0. The van der Waals surface area contributed by atoms with Crippen LogP contribution in [0.5, 0.6) is 0 Å². The molecule has 2 aromatic rings. The van der Waals surface area contributed by atoms with Crippen LogP contribution < -0.4 is 10.6 Å². The Labute approximate surface area is 156 Å². The highest BCUT2D eigenvalue weighted by Crippen LogP contribution is 2.19. The lowest BCUT2D eigenvalue weighted by molar-refractivity contribution is -0.116. The molecule has 0 unspecified atom stereocenters. The average molecular weight is 379 g/mol. The zero-order chi connectivity index (χ0) is 19.3. The standard InChI is InChI=1S/C18H20ClFN4O2/c1-11-4-5-13(10-15(11)20)18(26)22-9-8-21-16(25)7-6-14-12(2)23-24(3)17(14)19/h4-7,10H,8-9H2,1-3H3,(H,21,25)(H,22,26)/b7-6+. The summed E-state index contributed by atoms with van der Waals surface area (Å²) in [4.78, 5) is 23.7. The first-order valence-electron chi connectivity index (χ1n) is 7.99. The summed E-state index contributed by atoms with van der Waals surface area (Å²) in [5.41, 5.74) is 2.11. The van der Waals surface area contributed by atoms with Gasteiger partial charge in [0.2, 0.25) is 5.91 Å². The van der Waals surface area contributed by atoms with Crippen LogP contribution in [0, 0.1) is 19.7 Å². The van der Waals surface area contributed by atoms with Gasteiger partial charge in [0.25, 0.3) is 5.91 Å². The number of hydrogen-bond donors (Lipinski definition) is 2. The fraction of sp³-hybridized carbons (Fsp3) is 0.278. The molecule has 0 fully saturated rings. The van der Waals surface area contributed by atoms with Crippen molar-refractivity contribution < 1.29 is 14.0 Å². The van der Waals surface area contributed by atoms with Crippen molar-refractivity contribution in [2.45, 2.75) is 13.8 Å². The summed E-state index contributed by atoms with van der Waals surface area (Å²) in [6.07, 6.45) is 2.95. The molecule has 0 spiro atoms. The number of benzene rings is 1. The Morgan fingerprint density at radius 2 is 1.96 bits per heavy atom. The van der Waals surface area contributed by atoms with E-state index in [2.05, 4.69) is 15.7 Å². The largest absolute Gasteiger partial charge is 0.351 e. The van der Waals surface area contributed by atoms with Gasteiger partial charge in [-0.3, -0.25) is 14.3 Å². The van der Waals surface area contributed by atoms with Gasteiger partial charge in [0, 0.05) is 37.3 Å². The van der Waals surface area contributed by atoms with Gasteiger partial charge in [-0.1, -0.05) is 17.7 Å². The number of halogens is 2. The molecule has 1 heterocycles. The molecule has 138 valence electrons. The summed E-state index contributed by atoms with van der Waals surface area (Å²) in [7, 11) is 1.72. The van der Waals surface area contributed by atoms with E-state index < -0.39 is 11.7 Å². The Hall–Kier alpha value is -2.67. The van der Waals surface area contributed by atoms with Crippen LogP contribution in [-0.4, -0.2) is 34.7 Å². The lowest BCUT2D eigenvalue weighted by Crippen LogP contribution is -2.34. The van der Waals surface area contributed by atoms with Gasteiger partial charge in [0.05, 0.1) is 5.69 Å². The van der Waals surface area contributed by atoms with E-state index in [-0.39, 0.29) is 24.6 Å². The highest BCUT2D eigenvalue weighted by Gasteiger charge is 2.09. The first kappa shape index (κ1) is 19.7. The lowest BCUT2D eigenvalue weighted by Gasteiger charge is -2.06. The number of nitrogens with one attached hydrogen (secondary N) is 2. The van der Waals surface area contributed by atoms with Gasteiger partial charge in [-0.25, -0.2) is 4.39 Å².